The molecule has 2 atom stereocenters. The van der Waals surface area contributed by atoms with Gasteiger partial charge in [-0.25, -0.2) is 4.98 Å². The molecule has 106 valence electrons. The second kappa shape index (κ2) is 5.06. The largest absolute Gasteiger partial charge is 0.327 e. The Morgan fingerprint density at radius 2 is 2.15 bits per heavy atom. The topological polar surface area (TPSA) is 29.9 Å². The van der Waals surface area contributed by atoms with Crippen LogP contribution in [0.5, 0.6) is 0 Å². The lowest BCUT2D eigenvalue weighted by Crippen LogP contribution is -2.29. The van der Waals surface area contributed by atoms with Crippen LogP contribution in [-0.4, -0.2) is 22.6 Å². The average molecular weight is 269 g/mol. The molecule has 3 heteroatoms. The predicted molar refractivity (Wildman–Crippen MR) is 82.1 cm³/mol. The van der Waals surface area contributed by atoms with Crippen LogP contribution < -0.4 is 5.32 Å². The molecular weight excluding hydrogens is 246 g/mol. The summed E-state index contributed by atoms with van der Waals surface area (Å²) in [6.45, 7) is 8.92. The van der Waals surface area contributed by atoms with Gasteiger partial charge in [-0.1, -0.05) is 31.2 Å². The lowest BCUT2D eigenvalue weighted by molar-refractivity contribution is 0.459. The van der Waals surface area contributed by atoms with Gasteiger partial charge in [0.1, 0.15) is 0 Å². The number of imidazole rings is 1. The van der Waals surface area contributed by atoms with Crippen LogP contribution >= 0.6 is 0 Å². The first-order chi connectivity index (χ1) is 9.62. The van der Waals surface area contributed by atoms with Gasteiger partial charge in [0.25, 0.3) is 0 Å². The van der Waals surface area contributed by atoms with Crippen molar-refractivity contribution in [3.05, 3.63) is 53.6 Å². The summed E-state index contributed by atoms with van der Waals surface area (Å²) in [6.07, 6.45) is 5.21. The summed E-state index contributed by atoms with van der Waals surface area (Å²) in [5.74, 6) is 0. The van der Waals surface area contributed by atoms with Crippen LogP contribution in [0.4, 0.5) is 0 Å². The molecule has 3 nitrogen and oxygen atoms in total. The van der Waals surface area contributed by atoms with Gasteiger partial charge in [0.05, 0.1) is 12.4 Å². The Morgan fingerprint density at radius 1 is 1.35 bits per heavy atom. The zero-order valence-corrected chi connectivity index (χ0v) is 12.6. The van der Waals surface area contributed by atoms with Crippen LogP contribution in [0.15, 0.2) is 36.8 Å². The summed E-state index contributed by atoms with van der Waals surface area (Å²) >= 11 is 0. The molecule has 1 fully saturated rings. The van der Waals surface area contributed by atoms with E-state index in [9.17, 15) is 0 Å². The molecule has 20 heavy (non-hydrogen) atoms. The minimum Gasteiger partial charge on any atom is -0.327 e. The van der Waals surface area contributed by atoms with Crippen LogP contribution in [0, 0.1) is 6.92 Å². The number of aromatic nitrogens is 2. The van der Waals surface area contributed by atoms with E-state index in [1.165, 1.54) is 23.2 Å². The zero-order chi connectivity index (χ0) is 14.2. The molecule has 0 saturated carbocycles. The maximum Gasteiger partial charge on any atom is 0.0954 e. The first kappa shape index (κ1) is 13.4. The van der Waals surface area contributed by atoms with E-state index >= 15 is 0 Å². The molecule has 0 radical (unpaired) electrons. The smallest absolute Gasteiger partial charge is 0.0954 e. The van der Waals surface area contributed by atoms with Gasteiger partial charge in [-0.15, -0.1) is 0 Å². The minimum absolute atomic E-state index is 0.202. The Kier molecular flexibility index (Phi) is 3.38. The van der Waals surface area contributed by atoms with Crippen LogP contribution in [0.3, 0.4) is 0 Å². The second-order valence-corrected chi connectivity index (χ2v) is 6.21. The SMILES string of the molecule is Cc1ccccc1C(C)n1cncc1C1(C)CCNC1. The monoisotopic (exact) mass is 269 g/mol. The molecule has 1 N–H and O–H groups in total. The molecule has 1 aliphatic heterocycles. The average Bonchev–Trinajstić information content (AvgIpc) is 3.08. The van der Waals surface area contributed by atoms with E-state index in [1.807, 2.05) is 12.5 Å². The molecule has 0 amide bonds. The van der Waals surface area contributed by atoms with Gasteiger partial charge in [0.2, 0.25) is 0 Å². The molecule has 2 heterocycles. The first-order valence-corrected chi connectivity index (χ1v) is 7.40. The molecule has 3 rings (SSSR count). The number of hydrogen-bond donors (Lipinski definition) is 1. The quantitative estimate of drug-likeness (QED) is 0.928. The molecule has 0 bridgehead atoms. The standard InChI is InChI=1S/C17H23N3/c1-13-6-4-5-7-15(13)14(2)20-12-19-10-16(20)17(3)8-9-18-11-17/h4-7,10,12,14,18H,8-9,11H2,1-3H3. The Hall–Kier alpha value is -1.61. The van der Waals surface area contributed by atoms with Gasteiger partial charge in [-0.05, 0) is 37.9 Å². The Balaban J connectivity index is 1.99. The van der Waals surface area contributed by atoms with Crippen molar-refractivity contribution in [1.82, 2.24) is 14.9 Å². The van der Waals surface area contributed by atoms with Crippen LogP contribution in [-0.2, 0) is 5.41 Å². The van der Waals surface area contributed by atoms with Gasteiger partial charge in [-0.3, -0.25) is 0 Å². The molecule has 0 aliphatic carbocycles. The van der Waals surface area contributed by atoms with Gasteiger partial charge in [0, 0.05) is 23.9 Å². The summed E-state index contributed by atoms with van der Waals surface area (Å²) in [7, 11) is 0. The maximum absolute atomic E-state index is 4.42. The Bertz CT molecular complexity index is 594. The maximum atomic E-state index is 4.42. The highest BCUT2D eigenvalue weighted by molar-refractivity contribution is 5.30. The summed E-state index contributed by atoms with van der Waals surface area (Å²) in [5, 5.41) is 3.48. The van der Waals surface area contributed by atoms with Crippen molar-refractivity contribution in [3.8, 4) is 0 Å². The molecule has 2 aromatic rings. The van der Waals surface area contributed by atoms with Gasteiger partial charge in [-0.2, -0.15) is 0 Å². The van der Waals surface area contributed by atoms with Gasteiger partial charge < -0.3 is 9.88 Å². The molecule has 2 unspecified atom stereocenters. The number of benzene rings is 1. The highest BCUT2D eigenvalue weighted by Gasteiger charge is 2.34. The highest BCUT2D eigenvalue weighted by atomic mass is 15.1. The fraction of sp³-hybridized carbons (Fsp3) is 0.471. The molecule has 1 aliphatic rings. The molecule has 1 aromatic carbocycles. The molecular formula is C17H23N3. The number of hydrogen-bond acceptors (Lipinski definition) is 2. The zero-order valence-electron chi connectivity index (χ0n) is 12.6. The van der Waals surface area contributed by atoms with E-state index in [-0.39, 0.29) is 5.41 Å². The molecule has 1 aromatic heterocycles. The third-order valence-electron chi connectivity index (χ3n) is 4.71. The highest BCUT2D eigenvalue weighted by Crippen LogP contribution is 2.33. The fourth-order valence-electron chi connectivity index (χ4n) is 3.32. The predicted octanol–water partition coefficient (Wildman–Crippen LogP) is 3.05. The van der Waals surface area contributed by atoms with E-state index in [0.717, 1.165) is 13.1 Å². The number of rotatable bonds is 3. The molecule has 0 spiro atoms. The second-order valence-electron chi connectivity index (χ2n) is 6.21. The summed E-state index contributed by atoms with van der Waals surface area (Å²) in [6, 6.07) is 8.95. The van der Waals surface area contributed by atoms with Crippen molar-refractivity contribution in [2.45, 2.75) is 38.6 Å². The van der Waals surface area contributed by atoms with Gasteiger partial charge in [0.15, 0.2) is 0 Å². The molecule has 1 saturated heterocycles. The van der Waals surface area contributed by atoms with E-state index < -0.39 is 0 Å². The van der Waals surface area contributed by atoms with Crippen molar-refractivity contribution < 1.29 is 0 Å². The third-order valence-corrected chi connectivity index (χ3v) is 4.71. The Morgan fingerprint density at radius 3 is 2.85 bits per heavy atom. The van der Waals surface area contributed by atoms with Crippen LogP contribution in [0.1, 0.15) is 43.1 Å². The number of aryl methyl sites for hydroxylation is 1. The number of nitrogens with one attached hydrogen (secondary N) is 1. The summed E-state index contributed by atoms with van der Waals surface area (Å²) in [5.41, 5.74) is 4.27. The van der Waals surface area contributed by atoms with Crippen LogP contribution in [0.25, 0.3) is 0 Å². The Labute approximate surface area is 121 Å². The normalized spacial score (nSPS) is 23.9. The van der Waals surface area contributed by atoms with E-state index in [4.69, 9.17) is 0 Å². The lowest BCUT2D eigenvalue weighted by Gasteiger charge is -2.28. The van der Waals surface area contributed by atoms with Crippen molar-refractivity contribution in [1.29, 1.82) is 0 Å². The van der Waals surface area contributed by atoms with Crippen molar-refractivity contribution >= 4 is 0 Å². The van der Waals surface area contributed by atoms with Crippen molar-refractivity contribution in [2.24, 2.45) is 0 Å². The third kappa shape index (κ3) is 2.16. The van der Waals surface area contributed by atoms with Crippen molar-refractivity contribution in [2.75, 3.05) is 13.1 Å². The fourth-order valence-corrected chi connectivity index (χ4v) is 3.32. The van der Waals surface area contributed by atoms with E-state index in [2.05, 4.69) is 59.9 Å². The van der Waals surface area contributed by atoms with E-state index in [0.29, 0.717) is 6.04 Å². The van der Waals surface area contributed by atoms with Crippen LogP contribution in [0.2, 0.25) is 0 Å². The van der Waals surface area contributed by atoms with Gasteiger partial charge >= 0.3 is 0 Å². The lowest BCUT2D eigenvalue weighted by atomic mass is 9.85. The van der Waals surface area contributed by atoms with E-state index in [1.54, 1.807) is 0 Å². The first-order valence-electron chi connectivity index (χ1n) is 7.40. The summed E-state index contributed by atoms with van der Waals surface area (Å²) < 4.78 is 2.34. The summed E-state index contributed by atoms with van der Waals surface area (Å²) in [4.78, 5) is 4.42. The van der Waals surface area contributed by atoms with Crippen molar-refractivity contribution in [3.63, 3.8) is 0 Å². The number of nitrogens with zero attached hydrogens (tertiary/aromatic N) is 2. The minimum atomic E-state index is 0.202.